The number of fused-ring (bicyclic) bond motifs is 5. The summed E-state index contributed by atoms with van der Waals surface area (Å²) < 4.78 is 53.4. The fraction of sp³-hybridized carbons (Fsp3) is 0.483. The molecule has 4 heterocycles. The van der Waals surface area contributed by atoms with Crippen molar-refractivity contribution in [1.82, 2.24) is 14.5 Å². The molecule has 0 radical (unpaired) electrons. The van der Waals surface area contributed by atoms with E-state index in [1.807, 2.05) is 19.9 Å². The van der Waals surface area contributed by atoms with Crippen molar-refractivity contribution in [2.24, 2.45) is 5.92 Å². The zero-order chi connectivity index (χ0) is 31.1. The number of pyridine rings is 2. The Morgan fingerprint density at radius 3 is 2.73 bits per heavy atom. The molecule has 0 saturated carbocycles. The number of nitrogens with zero attached hydrogens (tertiary/aromatic N) is 3. The standard InChI is InChI=1S/C29H35N3O5/c1-8-31(6)17(5)24-19-10-18-13-32-23(25(18)30-22(19)9-16(4)26(24)36-7)11-21-20(27(32)33)14-37-28(34)29(21,35)12-15(2)3/h9-11,15,17,35H,8,12-14H2,1-7H3/t17?,29-/m0/s1/i6D3,8D2. The molecule has 0 amide bonds. The number of esters is 1. The third kappa shape index (κ3) is 3.77. The molecule has 0 aliphatic carbocycles. The van der Waals surface area contributed by atoms with Gasteiger partial charge < -0.3 is 19.1 Å². The number of carbonyl (C=O) groups excluding carboxylic acids is 1. The molecule has 2 aliphatic rings. The number of methoxy groups -OCH3 is 1. The SMILES string of the molecule is [2H]C([2H])([2H])N(C(C)c1c(OC)c(C)cc2nc3c(cc12)Cn1c-3cc2c(c1=O)COC(=O)[C@]2(O)CC(C)C)C([2H])([2H])C. The second kappa shape index (κ2) is 8.96. The first kappa shape index (κ1) is 19.8. The maximum Gasteiger partial charge on any atom is 0.343 e. The van der Waals surface area contributed by atoms with Gasteiger partial charge in [-0.25, -0.2) is 9.78 Å². The molecule has 2 aromatic heterocycles. The first-order chi connectivity index (χ1) is 19.4. The molecule has 3 aromatic rings. The highest BCUT2D eigenvalue weighted by Crippen LogP contribution is 2.43. The second-order valence-electron chi connectivity index (χ2n) is 10.3. The lowest BCUT2D eigenvalue weighted by molar-refractivity contribution is -0.174. The molecule has 37 heavy (non-hydrogen) atoms. The molecule has 1 unspecified atom stereocenters. The number of carbonyl (C=O) groups is 1. The first-order valence-electron chi connectivity index (χ1n) is 14.9. The summed E-state index contributed by atoms with van der Waals surface area (Å²) in [4.78, 5) is 32.2. The molecule has 196 valence electrons. The van der Waals surface area contributed by atoms with Crippen LogP contribution in [0, 0.1) is 12.8 Å². The minimum Gasteiger partial charge on any atom is -0.496 e. The number of benzene rings is 1. The van der Waals surface area contributed by atoms with Crippen LogP contribution in [0.15, 0.2) is 23.0 Å². The zero-order valence-corrected chi connectivity index (χ0v) is 21.9. The maximum atomic E-state index is 13.7. The van der Waals surface area contributed by atoms with E-state index in [4.69, 9.17) is 21.3 Å². The number of cyclic esters (lactones) is 1. The summed E-state index contributed by atoms with van der Waals surface area (Å²) in [6.45, 7) is 3.36. The highest BCUT2D eigenvalue weighted by Gasteiger charge is 2.47. The smallest absolute Gasteiger partial charge is 0.343 e. The molecule has 0 spiro atoms. The summed E-state index contributed by atoms with van der Waals surface area (Å²) in [5, 5.41) is 12.0. The van der Waals surface area contributed by atoms with Gasteiger partial charge in [0.1, 0.15) is 12.4 Å². The fourth-order valence-electron chi connectivity index (χ4n) is 5.72. The van der Waals surface area contributed by atoms with Crippen LogP contribution in [0.5, 0.6) is 5.75 Å². The topological polar surface area (TPSA) is 93.9 Å². The number of aromatic nitrogens is 2. The van der Waals surface area contributed by atoms with Crippen LogP contribution >= 0.6 is 0 Å². The van der Waals surface area contributed by atoms with Crippen molar-refractivity contribution in [3.63, 3.8) is 0 Å². The third-order valence-electron chi connectivity index (χ3n) is 7.43. The van der Waals surface area contributed by atoms with Gasteiger partial charge in [-0.1, -0.05) is 20.8 Å². The summed E-state index contributed by atoms with van der Waals surface area (Å²) in [5.41, 5.74) is 1.43. The van der Waals surface area contributed by atoms with Crippen LogP contribution < -0.4 is 10.3 Å². The molecular formula is C29H35N3O5. The Balaban J connectivity index is 1.76. The van der Waals surface area contributed by atoms with Crippen LogP contribution in [-0.4, -0.2) is 46.1 Å². The molecule has 0 fully saturated rings. The fourth-order valence-corrected chi connectivity index (χ4v) is 5.72. The summed E-state index contributed by atoms with van der Waals surface area (Å²) in [6, 6.07) is 4.35. The minimum atomic E-state index is -2.75. The third-order valence-corrected chi connectivity index (χ3v) is 7.43. The summed E-state index contributed by atoms with van der Waals surface area (Å²) in [5.74, 6) is -0.414. The predicted octanol–water partition coefficient (Wildman–Crippen LogP) is 4.05. The van der Waals surface area contributed by atoms with Crippen molar-refractivity contribution in [2.45, 2.75) is 65.8 Å². The second-order valence-corrected chi connectivity index (χ2v) is 10.3. The van der Waals surface area contributed by atoms with Gasteiger partial charge in [0.15, 0.2) is 5.60 Å². The van der Waals surface area contributed by atoms with Crippen LogP contribution in [0.3, 0.4) is 0 Å². The van der Waals surface area contributed by atoms with Gasteiger partial charge >= 0.3 is 5.97 Å². The molecule has 1 N–H and O–H groups in total. The maximum absolute atomic E-state index is 13.7. The van der Waals surface area contributed by atoms with Gasteiger partial charge in [-0.05, 0) is 63.4 Å². The Morgan fingerprint density at radius 2 is 2.08 bits per heavy atom. The lowest BCUT2D eigenvalue weighted by Crippen LogP contribution is -2.45. The molecular weight excluding hydrogens is 470 g/mol. The Bertz CT molecular complexity index is 1660. The van der Waals surface area contributed by atoms with Gasteiger partial charge in [-0.3, -0.25) is 9.69 Å². The lowest BCUT2D eigenvalue weighted by Gasteiger charge is -2.33. The van der Waals surface area contributed by atoms with Crippen molar-refractivity contribution >= 4 is 16.9 Å². The van der Waals surface area contributed by atoms with E-state index in [-0.39, 0.29) is 42.2 Å². The highest BCUT2D eigenvalue weighted by atomic mass is 16.6. The molecule has 2 atom stereocenters. The highest BCUT2D eigenvalue weighted by molar-refractivity contribution is 5.90. The largest absolute Gasteiger partial charge is 0.496 e. The number of hydrogen-bond acceptors (Lipinski definition) is 7. The van der Waals surface area contributed by atoms with Gasteiger partial charge in [0.25, 0.3) is 5.56 Å². The number of aliphatic hydroxyl groups is 1. The Hall–Kier alpha value is -3.23. The van der Waals surface area contributed by atoms with Crippen molar-refractivity contribution in [3.05, 3.63) is 56.4 Å². The van der Waals surface area contributed by atoms with E-state index in [2.05, 4.69) is 0 Å². The molecule has 8 nitrogen and oxygen atoms in total. The van der Waals surface area contributed by atoms with Gasteiger partial charge in [-0.15, -0.1) is 0 Å². The van der Waals surface area contributed by atoms with Crippen LogP contribution in [0.1, 0.15) is 74.8 Å². The van der Waals surface area contributed by atoms with Gasteiger partial charge in [-0.2, -0.15) is 0 Å². The van der Waals surface area contributed by atoms with Gasteiger partial charge in [0.2, 0.25) is 0 Å². The summed E-state index contributed by atoms with van der Waals surface area (Å²) in [6.07, 6.45) is 0.0882. The number of hydrogen-bond donors (Lipinski definition) is 1. The Labute approximate surface area is 223 Å². The number of ether oxygens (including phenoxy) is 2. The quantitative estimate of drug-likeness (QED) is 0.391. The normalized spacial score (nSPS) is 21.9. The van der Waals surface area contributed by atoms with Crippen molar-refractivity contribution in [3.8, 4) is 17.1 Å². The van der Waals surface area contributed by atoms with E-state index < -0.39 is 31.1 Å². The average molecular weight is 511 g/mol. The molecule has 1 aromatic carbocycles. The number of aryl methyl sites for hydroxylation is 1. The van der Waals surface area contributed by atoms with E-state index in [9.17, 15) is 14.7 Å². The lowest BCUT2D eigenvalue weighted by atomic mass is 9.82. The van der Waals surface area contributed by atoms with Crippen molar-refractivity contribution in [2.75, 3.05) is 20.6 Å². The van der Waals surface area contributed by atoms with Crippen LogP contribution in [0.4, 0.5) is 0 Å². The van der Waals surface area contributed by atoms with Crippen LogP contribution in [0.2, 0.25) is 0 Å². The zero-order valence-electron chi connectivity index (χ0n) is 26.9. The monoisotopic (exact) mass is 510 g/mol. The Kier molecular flexibility index (Phi) is 4.80. The van der Waals surface area contributed by atoms with E-state index in [1.54, 1.807) is 26.0 Å². The minimum absolute atomic E-state index is 0.0546. The molecule has 5 rings (SSSR count). The Morgan fingerprint density at radius 1 is 1.32 bits per heavy atom. The van der Waals surface area contributed by atoms with Gasteiger partial charge in [0.05, 0.1) is 36.1 Å². The number of rotatable bonds is 6. The first-order valence-corrected chi connectivity index (χ1v) is 12.4. The predicted molar refractivity (Wildman–Crippen MR) is 142 cm³/mol. The van der Waals surface area contributed by atoms with E-state index in [0.717, 1.165) is 4.90 Å². The van der Waals surface area contributed by atoms with Crippen molar-refractivity contribution in [1.29, 1.82) is 0 Å². The molecule has 0 saturated heterocycles. The van der Waals surface area contributed by atoms with E-state index in [0.29, 0.717) is 44.7 Å². The molecule has 8 heteroatoms. The average Bonchev–Trinajstić information content (AvgIpc) is 3.20. The molecule has 0 bridgehead atoms. The summed E-state index contributed by atoms with van der Waals surface area (Å²) in [7, 11) is 1.48. The summed E-state index contributed by atoms with van der Waals surface area (Å²) >= 11 is 0. The van der Waals surface area contributed by atoms with Crippen LogP contribution in [-0.2, 0) is 28.3 Å². The van der Waals surface area contributed by atoms with Crippen LogP contribution in [0.25, 0.3) is 22.3 Å². The molecule has 2 aliphatic heterocycles. The van der Waals surface area contributed by atoms with E-state index >= 15 is 0 Å². The van der Waals surface area contributed by atoms with Gasteiger partial charge in [0, 0.05) is 35.0 Å². The van der Waals surface area contributed by atoms with Crippen molar-refractivity contribution < 1.29 is 26.2 Å². The van der Waals surface area contributed by atoms with E-state index in [1.165, 1.54) is 18.6 Å².